The first kappa shape index (κ1) is 21.4. The Morgan fingerprint density at radius 3 is 2.85 bits per heavy atom. The fourth-order valence-electron chi connectivity index (χ4n) is 3.50. The van der Waals surface area contributed by atoms with E-state index in [-0.39, 0.29) is 33.7 Å². The van der Waals surface area contributed by atoms with Gasteiger partial charge in [-0.15, -0.1) is 0 Å². The van der Waals surface area contributed by atoms with Crippen LogP contribution in [0.5, 0.6) is 0 Å². The summed E-state index contributed by atoms with van der Waals surface area (Å²) in [6.07, 6.45) is 5.26. The maximum Gasteiger partial charge on any atom is 0.274 e. The Bertz CT molecular complexity index is 1450. The fraction of sp³-hybridized carbons (Fsp3) is 0.190. The number of nitrogens with zero attached hydrogens (tertiary/aromatic N) is 3. The van der Waals surface area contributed by atoms with E-state index in [1.165, 1.54) is 10.9 Å². The molecule has 0 bridgehead atoms. The quantitative estimate of drug-likeness (QED) is 0.303. The summed E-state index contributed by atoms with van der Waals surface area (Å²) in [5.41, 5.74) is 0.443. The average molecular weight is 531 g/mol. The topological polar surface area (TPSA) is 138 Å². The minimum atomic E-state index is -0.633. The Morgan fingerprint density at radius 1 is 1.27 bits per heavy atom. The summed E-state index contributed by atoms with van der Waals surface area (Å²) in [5, 5.41) is 16.0. The number of benzene rings is 1. The first-order chi connectivity index (χ1) is 15.9. The van der Waals surface area contributed by atoms with E-state index in [1.807, 2.05) is 0 Å². The monoisotopic (exact) mass is 529 g/mol. The molecule has 1 saturated carbocycles. The smallest absolute Gasteiger partial charge is 0.274 e. The standard InChI is InChI=1S/C21H17BrClN7O3/c22-12-6-11-9-26-28-17(11)16(21(33)25-8-10-3-4-10)18(12)27-20(32)14-7-15(31)29-30(14)19-13(23)2-1-5-24-19/h1-2,5-7,9-10H,3-4,8H2,(H,25,33)(H,26,28)(H,27,32)(H,29,31). The average Bonchev–Trinajstić information content (AvgIpc) is 3.37. The van der Waals surface area contributed by atoms with Crippen molar-refractivity contribution in [1.82, 2.24) is 30.3 Å². The third-order valence-electron chi connectivity index (χ3n) is 5.32. The number of halogens is 2. The maximum atomic E-state index is 13.3. The van der Waals surface area contributed by atoms with Crippen LogP contribution in [-0.2, 0) is 0 Å². The molecule has 0 spiro atoms. The van der Waals surface area contributed by atoms with Gasteiger partial charge in [0.25, 0.3) is 17.4 Å². The normalized spacial score (nSPS) is 13.3. The van der Waals surface area contributed by atoms with Gasteiger partial charge in [-0.2, -0.15) is 5.10 Å². The second-order valence-electron chi connectivity index (χ2n) is 7.70. The van der Waals surface area contributed by atoms with Crippen LogP contribution in [0.15, 0.2) is 45.9 Å². The van der Waals surface area contributed by atoms with E-state index in [0.29, 0.717) is 27.8 Å². The highest BCUT2D eigenvalue weighted by molar-refractivity contribution is 9.10. The molecule has 0 aliphatic heterocycles. The molecule has 4 aromatic rings. The van der Waals surface area contributed by atoms with Crippen molar-refractivity contribution >= 4 is 55.9 Å². The third kappa shape index (κ3) is 4.16. The molecule has 1 aliphatic carbocycles. The van der Waals surface area contributed by atoms with Gasteiger partial charge in [0.15, 0.2) is 5.82 Å². The highest BCUT2D eigenvalue weighted by atomic mass is 79.9. The Balaban J connectivity index is 1.55. The summed E-state index contributed by atoms with van der Waals surface area (Å²) in [5.74, 6) is -0.302. The Kier molecular flexibility index (Phi) is 5.51. The van der Waals surface area contributed by atoms with Crippen molar-refractivity contribution < 1.29 is 9.59 Å². The molecule has 10 nitrogen and oxygen atoms in total. The molecule has 0 radical (unpaired) electrons. The van der Waals surface area contributed by atoms with Crippen molar-refractivity contribution in [3.05, 3.63) is 67.8 Å². The highest BCUT2D eigenvalue weighted by Crippen LogP contribution is 2.34. The van der Waals surface area contributed by atoms with Crippen LogP contribution >= 0.6 is 27.5 Å². The van der Waals surface area contributed by atoms with Crippen molar-refractivity contribution in [3.8, 4) is 5.82 Å². The number of nitrogens with one attached hydrogen (secondary N) is 4. The number of amides is 2. The van der Waals surface area contributed by atoms with Crippen molar-refractivity contribution in [3.63, 3.8) is 0 Å². The summed E-state index contributed by atoms with van der Waals surface area (Å²) in [7, 11) is 0. The number of fused-ring (bicyclic) bond motifs is 1. The summed E-state index contributed by atoms with van der Waals surface area (Å²) < 4.78 is 1.69. The van der Waals surface area contributed by atoms with Crippen LogP contribution in [0.4, 0.5) is 5.69 Å². The lowest BCUT2D eigenvalue weighted by Gasteiger charge is -2.15. The Labute approximate surface area is 199 Å². The number of aromatic amines is 2. The lowest BCUT2D eigenvalue weighted by atomic mass is 10.1. The number of rotatable bonds is 6. The summed E-state index contributed by atoms with van der Waals surface area (Å²) in [6.45, 7) is 0.559. The molecule has 0 saturated heterocycles. The molecule has 33 heavy (non-hydrogen) atoms. The van der Waals surface area contributed by atoms with Gasteiger partial charge >= 0.3 is 0 Å². The van der Waals surface area contributed by atoms with E-state index in [0.717, 1.165) is 18.9 Å². The second-order valence-corrected chi connectivity index (χ2v) is 8.96. The van der Waals surface area contributed by atoms with E-state index in [4.69, 9.17) is 11.6 Å². The second kappa shape index (κ2) is 8.49. The minimum absolute atomic E-state index is 0.0263. The molecule has 1 aliphatic rings. The predicted octanol–water partition coefficient (Wildman–Crippen LogP) is 3.24. The number of aromatic nitrogens is 5. The largest absolute Gasteiger partial charge is 0.352 e. The van der Waals surface area contributed by atoms with Crippen LogP contribution in [0, 0.1) is 5.92 Å². The van der Waals surface area contributed by atoms with Gasteiger partial charge in [-0.25, -0.2) is 9.67 Å². The van der Waals surface area contributed by atoms with Gasteiger partial charge in [0.1, 0.15) is 5.69 Å². The van der Waals surface area contributed by atoms with Gasteiger partial charge < -0.3 is 10.6 Å². The lowest BCUT2D eigenvalue weighted by molar-refractivity contribution is 0.0954. The zero-order chi connectivity index (χ0) is 23.1. The zero-order valence-corrected chi connectivity index (χ0v) is 19.3. The minimum Gasteiger partial charge on any atom is -0.352 e. The molecule has 168 valence electrons. The number of carbonyl (C=O) groups excluding carboxylic acids is 2. The summed E-state index contributed by atoms with van der Waals surface area (Å²) in [6, 6.07) is 6.10. The SMILES string of the molecule is O=C(NCC1CC1)c1c(NC(=O)c2cc(=O)[nH]n2-c2ncccc2Cl)c(Br)cc2cn[nH]c12. The first-order valence-electron chi connectivity index (χ1n) is 10.1. The molecule has 2 amide bonds. The van der Waals surface area contributed by atoms with Crippen molar-refractivity contribution in [1.29, 1.82) is 0 Å². The van der Waals surface area contributed by atoms with Gasteiger partial charge in [0.2, 0.25) is 0 Å². The van der Waals surface area contributed by atoms with Crippen LogP contribution in [0.3, 0.4) is 0 Å². The van der Waals surface area contributed by atoms with Gasteiger partial charge in [-0.05, 0) is 52.9 Å². The number of H-pyrrole nitrogens is 2. The number of carbonyl (C=O) groups is 2. The molecule has 0 unspecified atom stereocenters. The number of pyridine rings is 1. The maximum absolute atomic E-state index is 13.3. The predicted molar refractivity (Wildman–Crippen MR) is 126 cm³/mol. The summed E-state index contributed by atoms with van der Waals surface area (Å²) >= 11 is 9.66. The van der Waals surface area contributed by atoms with Crippen LogP contribution in [0.2, 0.25) is 5.02 Å². The van der Waals surface area contributed by atoms with E-state index >= 15 is 0 Å². The molecule has 0 atom stereocenters. The summed E-state index contributed by atoms with van der Waals surface area (Å²) in [4.78, 5) is 42.6. The van der Waals surface area contributed by atoms with E-state index in [9.17, 15) is 14.4 Å². The molecule has 3 heterocycles. The van der Waals surface area contributed by atoms with Crippen molar-refractivity contribution in [2.75, 3.05) is 11.9 Å². The van der Waals surface area contributed by atoms with E-state index in [1.54, 1.807) is 24.4 Å². The van der Waals surface area contributed by atoms with Gasteiger partial charge in [-0.3, -0.25) is 24.6 Å². The van der Waals surface area contributed by atoms with E-state index in [2.05, 4.69) is 46.8 Å². The number of hydrogen-bond acceptors (Lipinski definition) is 5. The third-order valence-corrected chi connectivity index (χ3v) is 6.24. The molecule has 5 rings (SSSR count). The zero-order valence-electron chi connectivity index (χ0n) is 17.0. The van der Waals surface area contributed by atoms with Gasteiger partial charge in [0.05, 0.1) is 28.0 Å². The van der Waals surface area contributed by atoms with Crippen LogP contribution < -0.4 is 16.2 Å². The molecule has 12 heteroatoms. The van der Waals surface area contributed by atoms with Crippen molar-refractivity contribution in [2.24, 2.45) is 5.92 Å². The molecule has 3 aromatic heterocycles. The Hall–Kier alpha value is -3.44. The van der Waals surface area contributed by atoms with Crippen LogP contribution in [-0.4, -0.2) is 43.3 Å². The van der Waals surface area contributed by atoms with Gasteiger partial charge in [-0.1, -0.05) is 11.6 Å². The molecular formula is C21H17BrClN7O3. The molecule has 4 N–H and O–H groups in total. The molecule has 1 aromatic carbocycles. The highest BCUT2D eigenvalue weighted by Gasteiger charge is 2.26. The number of hydrogen-bond donors (Lipinski definition) is 4. The Morgan fingerprint density at radius 2 is 2.09 bits per heavy atom. The molecular weight excluding hydrogens is 514 g/mol. The van der Waals surface area contributed by atoms with Gasteiger partial charge in [0, 0.05) is 28.7 Å². The lowest BCUT2D eigenvalue weighted by Crippen LogP contribution is -2.28. The number of anilines is 1. The molecule has 1 fully saturated rings. The fourth-order valence-corrected chi connectivity index (χ4v) is 4.25. The van der Waals surface area contributed by atoms with Crippen molar-refractivity contribution in [2.45, 2.75) is 12.8 Å². The van der Waals surface area contributed by atoms with E-state index < -0.39 is 11.5 Å². The first-order valence-corrected chi connectivity index (χ1v) is 11.3. The van der Waals surface area contributed by atoms with Crippen LogP contribution in [0.25, 0.3) is 16.7 Å². The van der Waals surface area contributed by atoms with Crippen LogP contribution in [0.1, 0.15) is 33.7 Å².